The van der Waals surface area contributed by atoms with Gasteiger partial charge in [0.25, 0.3) is 0 Å². The fraction of sp³-hybridized carbons (Fsp3) is 0.368. The maximum Gasteiger partial charge on any atom is 0.191 e. The number of nitrogens with zero attached hydrogens (tertiary/aromatic N) is 2. The Bertz CT molecular complexity index is 800. The first-order valence-electron chi connectivity index (χ1n) is 8.75. The van der Waals surface area contributed by atoms with Crippen LogP contribution >= 0.6 is 11.3 Å². The summed E-state index contributed by atoms with van der Waals surface area (Å²) in [7, 11) is 0. The molecule has 0 aliphatic carbocycles. The molecule has 3 rings (SSSR count). The van der Waals surface area contributed by atoms with Crippen molar-refractivity contribution in [2.45, 2.75) is 33.2 Å². The van der Waals surface area contributed by atoms with Crippen molar-refractivity contribution in [2.75, 3.05) is 13.1 Å². The van der Waals surface area contributed by atoms with Crippen molar-refractivity contribution in [3.63, 3.8) is 0 Å². The molecule has 0 atom stereocenters. The van der Waals surface area contributed by atoms with Crippen LogP contribution < -0.4 is 10.6 Å². The summed E-state index contributed by atoms with van der Waals surface area (Å²) < 4.78 is 0. The van der Waals surface area contributed by atoms with Gasteiger partial charge in [0.2, 0.25) is 0 Å². The lowest BCUT2D eigenvalue weighted by atomic mass is 10.3. The van der Waals surface area contributed by atoms with Crippen LogP contribution in [0.5, 0.6) is 0 Å². The minimum Gasteiger partial charge on any atom is -0.357 e. The predicted octanol–water partition coefficient (Wildman–Crippen LogP) is 3.62. The molecule has 6 heteroatoms. The van der Waals surface area contributed by atoms with Gasteiger partial charge in [-0.15, -0.1) is 11.3 Å². The Hall–Kier alpha value is -2.34. The number of thiophene rings is 1. The van der Waals surface area contributed by atoms with Crippen LogP contribution in [-0.4, -0.2) is 29.0 Å². The smallest absolute Gasteiger partial charge is 0.191 e. The second-order valence-electron chi connectivity index (χ2n) is 5.95. The highest BCUT2D eigenvalue weighted by Gasteiger charge is 2.03. The number of aromatic nitrogens is 2. The number of benzene rings is 1. The number of guanidine groups is 1. The van der Waals surface area contributed by atoms with Crippen LogP contribution in [-0.2, 0) is 13.0 Å². The Labute approximate surface area is 152 Å². The van der Waals surface area contributed by atoms with E-state index < -0.39 is 0 Å². The van der Waals surface area contributed by atoms with Gasteiger partial charge in [-0.2, -0.15) is 0 Å². The minimum absolute atomic E-state index is 0.725. The number of hydrogen-bond donors (Lipinski definition) is 3. The first-order valence-corrected chi connectivity index (χ1v) is 9.63. The molecule has 1 aromatic carbocycles. The van der Waals surface area contributed by atoms with Gasteiger partial charge in [-0.25, -0.2) is 9.98 Å². The first kappa shape index (κ1) is 17.5. The molecule has 0 aliphatic rings. The van der Waals surface area contributed by atoms with Gasteiger partial charge in [-0.1, -0.05) is 12.1 Å². The van der Waals surface area contributed by atoms with Crippen molar-refractivity contribution in [1.82, 2.24) is 20.6 Å². The van der Waals surface area contributed by atoms with E-state index in [4.69, 9.17) is 0 Å². The van der Waals surface area contributed by atoms with Gasteiger partial charge >= 0.3 is 0 Å². The molecular weight excluding hydrogens is 330 g/mol. The van der Waals surface area contributed by atoms with E-state index >= 15 is 0 Å². The number of nitrogens with one attached hydrogen (secondary N) is 3. The second kappa shape index (κ2) is 8.67. The molecule has 3 aromatic rings. The van der Waals surface area contributed by atoms with Crippen molar-refractivity contribution in [2.24, 2.45) is 4.99 Å². The van der Waals surface area contributed by atoms with Gasteiger partial charge < -0.3 is 15.6 Å². The molecule has 0 spiro atoms. The van der Waals surface area contributed by atoms with Crippen LogP contribution in [0, 0.1) is 6.92 Å². The average Bonchev–Trinajstić information content (AvgIpc) is 3.21. The minimum atomic E-state index is 0.725. The Balaban J connectivity index is 1.48. The summed E-state index contributed by atoms with van der Waals surface area (Å²) in [4.78, 5) is 14.0. The van der Waals surface area contributed by atoms with Crippen molar-refractivity contribution >= 4 is 28.3 Å². The molecule has 0 amide bonds. The van der Waals surface area contributed by atoms with E-state index in [9.17, 15) is 0 Å². The second-order valence-corrected chi connectivity index (χ2v) is 6.95. The summed E-state index contributed by atoms with van der Waals surface area (Å²) in [5.74, 6) is 1.92. The zero-order chi connectivity index (χ0) is 17.5. The normalized spacial score (nSPS) is 11.8. The zero-order valence-electron chi connectivity index (χ0n) is 14.8. The molecule has 2 aromatic heterocycles. The van der Waals surface area contributed by atoms with E-state index in [2.05, 4.69) is 57.0 Å². The van der Waals surface area contributed by atoms with Gasteiger partial charge in [0.1, 0.15) is 5.82 Å². The molecule has 0 unspecified atom stereocenters. The Morgan fingerprint density at radius 1 is 1.24 bits per heavy atom. The number of aryl methyl sites for hydroxylation is 2. The fourth-order valence-corrected chi connectivity index (χ4v) is 3.47. The van der Waals surface area contributed by atoms with Crippen LogP contribution in [0.4, 0.5) is 0 Å². The van der Waals surface area contributed by atoms with E-state index in [1.165, 1.54) is 10.4 Å². The van der Waals surface area contributed by atoms with E-state index in [0.717, 1.165) is 55.3 Å². The van der Waals surface area contributed by atoms with Crippen LogP contribution in [0.25, 0.3) is 11.0 Å². The van der Waals surface area contributed by atoms with E-state index in [1.807, 2.05) is 18.2 Å². The van der Waals surface area contributed by atoms with E-state index in [0.29, 0.717) is 0 Å². The van der Waals surface area contributed by atoms with Crippen molar-refractivity contribution in [3.8, 4) is 0 Å². The molecule has 0 fully saturated rings. The predicted molar refractivity (Wildman–Crippen MR) is 106 cm³/mol. The molecular formula is C19H25N5S. The lowest BCUT2D eigenvalue weighted by molar-refractivity contribution is 0.727. The van der Waals surface area contributed by atoms with Crippen LogP contribution in [0.1, 0.15) is 29.6 Å². The van der Waals surface area contributed by atoms with Gasteiger partial charge in [-0.05, 0) is 49.4 Å². The first-order chi connectivity index (χ1) is 12.3. The number of H-pyrrole nitrogens is 1. The van der Waals surface area contributed by atoms with Crippen LogP contribution in [0.15, 0.2) is 40.7 Å². The maximum absolute atomic E-state index is 4.68. The monoisotopic (exact) mass is 355 g/mol. The summed E-state index contributed by atoms with van der Waals surface area (Å²) in [6.45, 7) is 6.67. The quantitative estimate of drug-likeness (QED) is 0.344. The van der Waals surface area contributed by atoms with E-state index in [-0.39, 0.29) is 0 Å². The molecule has 132 valence electrons. The number of imidazole rings is 1. The number of aromatic amines is 1. The third kappa shape index (κ3) is 4.82. The van der Waals surface area contributed by atoms with Crippen molar-refractivity contribution in [3.05, 3.63) is 52.0 Å². The lowest BCUT2D eigenvalue weighted by Gasteiger charge is -2.10. The average molecular weight is 356 g/mol. The highest BCUT2D eigenvalue weighted by molar-refractivity contribution is 7.10. The molecule has 25 heavy (non-hydrogen) atoms. The van der Waals surface area contributed by atoms with Crippen molar-refractivity contribution < 1.29 is 0 Å². The molecule has 0 radical (unpaired) electrons. The van der Waals surface area contributed by atoms with Gasteiger partial charge in [0.15, 0.2) is 5.96 Å². The number of rotatable bonds is 7. The Morgan fingerprint density at radius 3 is 2.88 bits per heavy atom. The summed E-state index contributed by atoms with van der Waals surface area (Å²) >= 11 is 1.76. The maximum atomic E-state index is 4.68. The number of hydrogen-bond acceptors (Lipinski definition) is 3. The summed E-state index contributed by atoms with van der Waals surface area (Å²) in [5, 5.41) is 8.83. The number of para-hydroxylation sites is 2. The highest BCUT2D eigenvalue weighted by atomic mass is 32.1. The molecule has 0 aliphatic heterocycles. The third-order valence-corrected chi connectivity index (χ3v) is 5.02. The Morgan fingerprint density at radius 2 is 2.12 bits per heavy atom. The fourth-order valence-electron chi connectivity index (χ4n) is 2.65. The lowest BCUT2D eigenvalue weighted by Crippen LogP contribution is -2.37. The molecule has 0 saturated carbocycles. The third-order valence-electron chi connectivity index (χ3n) is 4.01. The van der Waals surface area contributed by atoms with Crippen LogP contribution in [0.2, 0.25) is 0 Å². The molecule has 0 saturated heterocycles. The largest absolute Gasteiger partial charge is 0.357 e. The number of aliphatic imine (C=N–C) groups is 1. The van der Waals surface area contributed by atoms with Gasteiger partial charge in [0, 0.05) is 24.4 Å². The van der Waals surface area contributed by atoms with E-state index in [1.54, 1.807) is 11.3 Å². The molecule has 0 bridgehead atoms. The van der Waals surface area contributed by atoms with Crippen LogP contribution in [0.3, 0.4) is 0 Å². The van der Waals surface area contributed by atoms with Gasteiger partial charge in [0.05, 0.1) is 17.6 Å². The number of fused-ring (bicyclic) bond motifs is 1. The highest BCUT2D eigenvalue weighted by Crippen LogP contribution is 2.16. The van der Waals surface area contributed by atoms with Crippen molar-refractivity contribution in [1.29, 1.82) is 0 Å². The summed E-state index contributed by atoms with van der Waals surface area (Å²) in [6, 6.07) is 10.3. The SMILES string of the molecule is CCNC(=NCc1sccc1C)NCCCc1nc2ccccc2[nH]1. The zero-order valence-corrected chi connectivity index (χ0v) is 15.6. The van der Waals surface area contributed by atoms with Gasteiger partial charge in [-0.3, -0.25) is 0 Å². The standard InChI is InChI=1S/C19H25N5S/c1-3-20-19(22-13-17-14(2)10-12-25-17)21-11-6-9-18-23-15-7-4-5-8-16(15)24-18/h4-5,7-8,10,12H,3,6,9,11,13H2,1-2H3,(H,23,24)(H2,20,21,22). The molecule has 5 nitrogen and oxygen atoms in total. The summed E-state index contributed by atoms with van der Waals surface area (Å²) in [5.41, 5.74) is 3.45. The topological polar surface area (TPSA) is 65.1 Å². The summed E-state index contributed by atoms with van der Waals surface area (Å²) in [6.07, 6.45) is 1.92. The molecule has 2 heterocycles. The Kier molecular flexibility index (Phi) is 6.06. The molecule has 3 N–H and O–H groups in total.